The SMILES string of the molecule is Cc1cc(C(=O)N2CCCCC2COc2cccc3c2C(N)=N[S+]([O-])N3)cc(O)n1. The van der Waals surface area contributed by atoms with Crippen LogP contribution in [-0.4, -0.2) is 50.5 Å². The van der Waals surface area contributed by atoms with Gasteiger partial charge in [-0.15, -0.1) is 0 Å². The van der Waals surface area contributed by atoms with E-state index in [0.717, 1.165) is 19.3 Å². The van der Waals surface area contributed by atoms with Gasteiger partial charge in [0.25, 0.3) is 5.91 Å². The molecule has 0 bridgehead atoms. The summed E-state index contributed by atoms with van der Waals surface area (Å²) in [6.45, 7) is 2.64. The molecule has 2 atom stereocenters. The number of likely N-dealkylation sites (tertiary alicyclic amines) is 1. The minimum Gasteiger partial charge on any atom is -0.566 e. The number of aryl methyl sites for hydroxylation is 1. The van der Waals surface area contributed by atoms with Crippen molar-refractivity contribution in [1.82, 2.24) is 9.88 Å². The Balaban J connectivity index is 1.53. The van der Waals surface area contributed by atoms with E-state index in [1.54, 1.807) is 36.1 Å². The van der Waals surface area contributed by atoms with E-state index in [4.69, 9.17) is 10.5 Å². The molecule has 0 saturated carbocycles. The van der Waals surface area contributed by atoms with E-state index >= 15 is 0 Å². The van der Waals surface area contributed by atoms with E-state index in [0.29, 0.717) is 34.8 Å². The molecule has 4 N–H and O–H groups in total. The van der Waals surface area contributed by atoms with Crippen molar-refractivity contribution in [3.8, 4) is 11.6 Å². The molecule has 3 heterocycles. The molecule has 9 nitrogen and oxygen atoms in total. The fraction of sp³-hybridized carbons (Fsp3) is 0.350. The van der Waals surface area contributed by atoms with Crippen molar-refractivity contribution in [2.45, 2.75) is 32.2 Å². The summed E-state index contributed by atoms with van der Waals surface area (Å²) in [6.07, 6.45) is 2.71. The average molecular weight is 430 g/mol. The Morgan fingerprint density at radius 3 is 3.07 bits per heavy atom. The number of hydrogen-bond acceptors (Lipinski definition) is 8. The van der Waals surface area contributed by atoms with Gasteiger partial charge in [-0.3, -0.25) is 4.79 Å². The smallest absolute Gasteiger partial charge is 0.254 e. The van der Waals surface area contributed by atoms with Gasteiger partial charge in [0.1, 0.15) is 12.4 Å². The lowest BCUT2D eigenvalue weighted by atomic mass is 10.0. The van der Waals surface area contributed by atoms with Crippen LogP contribution in [0.5, 0.6) is 11.6 Å². The zero-order valence-corrected chi connectivity index (χ0v) is 17.3. The first-order valence-corrected chi connectivity index (χ1v) is 10.8. The number of benzene rings is 1. The van der Waals surface area contributed by atoms with Crippen LogP contribution in [0.4, 0.5) is 5.69 Å². The highest BCUT2D eigenvalue weighted by atomic mass is 32.2. The molecule has 2 unspecified atom stereocenters. The number of aromatic hydroxyl groups is 1. The minimum absolute atomic E-state index is 0.124. The van der Waals surface area contributed by atoms with Gasteiger partial charge in [-0.1, -0.05) is 6.07 Å². The highest BCUT2D eigenvalue weighted by molar-refractivity contribution is 7.91. The largest absolute Gasteiger partial charge is 0.566 e. The molecule has 0 spiro atoms. The molecule has 0 aliphatic carbocycles. The van der Waals surface area contributed by atoms with Crippen molar-refractivity contribution in [2.75, 3.05) is 17.9 Å². The van der Waals surface area contributed by atoms with Crippen LogP contribution < -0.4 is 15.2 Å². The van der Waals surface area contributed by atoms with Gasteiger partial charge in [0.2, 0.25) is 17.4 Å². The van der Waals surface area contributed by atoms with E-state index in [2.05, 4.69) is 14.1 Å². The van der Waals surface area contributed by atoms with Crippen LogP contribution in [0.15, 0.2) is 34.7 Å². The summed E-state index contributed by atoms with van der Waals surface area (Å²) in [6, 6.07) is 8.25. The number of nitrogens with two attached hydrogens (primary N) is 1. The van der Waals surface area contributed by atoms with Gasteiger partial charge in [-0.25, -0.2) is 4.98 Å². The number of piperidine rings is 1. The van der Waals surface area contributed by atoms with Crippen LogP contribution in [0.3, 0.4) is 0 Å². The Hall–Kier alpha value is -2.98. The Kier molecular flexibility index (Phi) is 5.69. The quantitative estimate of drug-likeness (QED) is 0.631. The lowest BCUT2D eigenvalue weighted by Gasteiger charge is -2.36. The van der Waals surface area contributed by atoms with Crippen molar-refractivity contribution in [2.24, 2.45) is 10.1 Å². The van der Waals surface area contributed by atoms with E-state index in [9.17, 15) is 14.5 Å². The maximum Gasteiger partial charge on any atom is 0.254 e. The highest BCUT2D eigenvalue weighted by Gasteiger charge is 2.30. The highest BCUT2D eigenvalue weighted by Crippen LogP contribution is 2.31. The van der Waals surface area contributed by atoms with Crippen LogP contribution in [-0.2, 0) is 11.5 Å². The van der Waals surface area contributed by atoms with Gasteiger partial charge in [-0.05, 0) is 48.8 Å². The normalized spacial score (nSPS) is 20.7. The molecular weight excluding hydrogens is 406 g/mol. The van der Waals surface area contributed by atoms with Crippen LogP contribution >= 0.6 is 0 Å². The first kappa shape index (κ1) is 20.3. The molecule has 0 radical (unpaired) electrons. The molecular formula is C20H23N5O4S. The third-order valence-corrected chi connectivity index (χ3v) is 5.92. The minimum atomic E-state index is -1.61. The zero-order valence-electron chi connectivity index (χ0n) is 16.5. The Morgan fingerprint density at radius 1 is 1.43 bits per heavy atom. The number of rotatable bonds is 4. The summed E-state index contributed by atoms with van der Waals surface area (Å²) < 4.78 is 24.4. The molecule has 1 aromatic carbocycles. The van der Waals surface area contributed by atoms with Gasteiger partial charge in [-0.2, -0.15) is 4.72 Å². The summed E-state index contributed by atoms with van der Waals surface area (Å²) >= 11 is -1.61. The maximum absolute atomic E-state index is 13.1. The van der Waals surface area contributed by atoms with Crippen LogP contribution in [0.2, 0.25) is 0 Å². The molecule has 1 aromatic heterocycles. The van der Waals surface area contributed by atoms with Crippen molar-refractivity contribution < 1.29 is 19.2 Å². The maximum atomic E-state index is 13.1. The number of nitrogens with one attached hydrogen (secondary N) is 1. The number of anilines is 1. The second-order valence-electron chi connectivity index (χ2n) is 7.32. The monoisotopic (exact) mass is 429 g/mol. The Labute approximate surface area is 177 Å². The molecule has 158 valence electrons. The molecule has 2 aliphatic rings. The van der Waals surface area contributed by atoms with Crippen LogP contribution in [0, 0.1) is 6.92 Å². The lowest BCUT2D eigenvalue weighted by molar-refractivity contribution is 0.0527. The third kappa shape index (κ3) is 4.14. The standard InChI is InChI=1S/C20H23N5O4S/c1-12-9-13(10-17(26)22-12)20(27)25-8-3-2-5-14(25)11-29-16-7-4-6-15-18(16)19(21)24-30(28)23-15/h4,6-7,9-10,14,23H,2-3,5,8,11H2,1H3,(H2,21,24)(H,22,26). The lowest BCUT2D eigenvalue weighted by Crippen LogP contribution is -2.46. The molecule has 1 amide bonds. The molecule has 30 heavy (non-hydrogen) atoms. The van der Waals surface area contributed by atoms with E-state index in [1.807, 2.05) is 0 Å². The summed E-state index contributed by atoms with van der Waals surface area (Å²) in [4.78, 5) is 18.8. The number of nitrogens with zero attached hydrogens (tertiary/aromatic N) is 3. The first-order valence-electron chi connectivity index (χ1n) is 9.70. The van der Waals surface area contributed by atoms with Gasteiger partial charge in [0.05, 0.1) is 17.3 Å². The second-order valence-corrected chi connectivity index (χ2v) is 8.21. The molecule has 1 fully saturated rings. The number of aromatic nitrogens is 1. The fourth-order valence-electron chi connectivity index (χ4n) is 3.82. The van der Waals surface area contributed by atoms with Crippen molar-refractivity contribution in [1.29, 1.82) is 0 Å². The predicted octanol–water partition coefficient (Wildman–Crippen LogP) is 1.88. The number of hydrogen-bond donors (Lipinski definition) is 3. The van der Waals surface area contributed by atoms with Gasteiger partial charge >= 0.3 is 0 Å². The van der Waals surface area contributed by atoms with E-state index in [1.165, 1.54) is 6.07 Å². The number of carbonyl (C=O) groups excluding carboxylic acids is 1. The predicted molar refractivity (Wildman–Crippen MR) is 114 cm³/mol. The molecule has 2 aliphatic heterocycles. The van der Waals surface area contributed by atoms with E-state index < -0.39 is 11.5 Å². The summed E-state index contributed by atoms with van der Waals surface area (Å²) in [5, 5.41) is 9.76. The van der Waals surface area contributed by atoms with Crippen molar-refractivity contribution in [3.05, 3.63) is 47.2 Å². The fourth-order valence-corrected chi connectivity index (χ4v) is 4.49. The summed E-state index contributed by atoms with van der Waals surface area (Å²) in [5.74, 6) is 0.348. The molecule has 10 heteroatoms. The third-order valence-electron chi connectivity index (χ3n) is 5.17. The average Bonchev–Trinajstić information content (AvgIpc) is 2.70. The van der Waals surface area contributed by atoms with Gasteiger partial charge in [0.15, 0.2) is 5.84 Å². The van der Waals surface area contributed by atoms with Gasteiger partial charge in [0, 0.05) is 23.9 Å². The number of carbonyl (C=O) groups is 1. The molecule has 4 rings (SSSR count). The van der Waals surface area contributed by atoms with E-state index in [-0.39, 0.29) is 30.3 Å². The number of amides is 1. The number of pyridine rings is 1. The van der Waals surface area contributed by atoms with Crippen LogP contribution in [0.25, 0.3) is 0 Å². The number of fused-ring (bicyclic) bond motifs is 1. The molecule has 2 aromatic rings. The van der Waals surface area contributed by atoms with Gasteiger partial charge < -0.3 is 25.0 Å². The topological polar surface area (TPSA) is 136 Å². The van der Waals surface area contributed by atoms with Crippen molar-refractivity contribution >= 4 is 29.0 Å². The number of amidine groups is 1. The zero-order chi connectivity index (χ0) is 21.3. The summed E-state index contributed by atoms with van der Waals surface area (Å²) in [5.41, 5.74) is 8.13. The van der Waals surface area contributed by atoms with Crippen molar-refractivity contribution in [3.63, 3.8) is 0 Å². The summed E-state index contributed by atoms with van der Waals surface area (Å²) in [7, 11) is 0. The molecule has 1 saturated heterocycles. The number of ether oxygens (including phenoxy) is 1. The Bertz CT molecular complexity index is 979. The second kappa shape index (κ2) is 8.41. The first-order chi connectivity index (χ1) is 14.4. The van der Waals surface area contributed by atoms with Crippen LogP contribution in [0.1, 0.15) is 40.9 Å². The Morgan fingerprint density at radius 2 is 2.27 bits per heavy atom.